The van der Waals surface area contributed by atoms with Crippen LogP contribution in [0.1, 0.15) is 55.4 Å². The maximum Gasteiger partial charge on any atom is 0.356 e. The minimum absolute atomic E-state index is 0.148. The third kappa shape index (κ3) is 4.73. The molecule has 2 amide bonds. The maximum absolute atomic E-state index is 12.0. The van der Waals surface area contributed by atoms with Crippen LogP contribution in [0, 0.1) is 0 Å². The number of urea groups is 1. The van der Waals surface area contributed by atoms with Crippen LogP contribution in [0.4, 0.5) is 10.5 Å². The summed E-state index contributed by atoms with van der Waals surface area (Å²) in [4.78, 5) is 26.8. The molecule has 0 bridgehead atoms. The lowest BCUT2D eigenvalue weighted by Crippen LogP contribution is -2.38. The van der Waals surface area contributed by atoms with Crippen LogP contribution in [0.2, 0.25) is 0 Å². The summed E-state index contributed by atoms with van der Waals surface area (Å²) in [6.07, 6.45) is 9.30. The number of hydrogen-bond donors (Lipinski definition) is 3. The van der Waals surface area contributed by atoms with E-state index in [1.807, 2.05) is 0 Å². The number of carbonyl (C=O) groups excluding carboxylic acids is 1. The molecule has 1 aromatic rings. The lowest BCUT2D eigenvalue weighted by atomic mass is 9.97. The van der Waals surface area contributed by atoms with E-state index < -0.39 is 5.97 Å². The largest absolute Gasteiger partial charge is 0.476 e. The van der Waals surface area contributed by atoms with Crippen molar-refractivity contribution in [2.24, 2.45) is 0 Å². The number of carbonyl (C=O) groups is 2. The molecule has 0 atom stereocenters. The van der Waals surface area contributed by atoms with Gasteiger partial charge in [0.25, 0.3) is 0 Å². The van der Waals surface area contributed by atoms with Gasteiger partial charge in [0.15, 0.2) is 5.69 Å². The third-order valence-corrected chi connectivity index (χ3v) is 3.70. The Morgan fingerprint density at radius 3 is 2.48 bits per heavy atom. The van der Waals surface area contributed by atoms with Gasteiger partial charge in [-0.1, -0.05) is 32.1 Å². The number of nitrogens with zero attached hydrogens (tertiary/aromatic N) is 1. The van der Waals surface area contributed by atoms with E-state index in [0.717, 1.165) is 25.7 Å². The number of aromatic carboxylic acids is 1. The highest BCUT2D eigenvalue weighted by molar-refractivity contribution is 5.98. The van der Waals surface area contributed by atoms with E-state index in [2.05, 4.69) is 15.6 Å². The summed E-state index contributed by atoms with van der Waals surface area (Å²) in [6, 6.07) is 2.93. The minimum Gasteiger partial charge on any atom is -0.476 e. The van der Waals surface area contributed by atoms with Crippen molar-refractivity contribution in [2.75, 3.05) is 5.32 Å². The number of anilines is 1. The minimum atomic E-state index is -1.16. The quantitative estimate of drug-likeness (QED) is 0.798. The van der Waals surface area contributed by atoms with Gasteiger partial charge in [0.2, 0.25) is 0 Å². The van der Waals surface area contributed by atoms with E-state index in [-0.39, 0.29) is 23.5 Å². The number of amides is 2. The molecule has 1 fully saturated rings. The Morgan fingerprint density at radius 1 is 1.14 bits per heavy atom. The van der Waals surface area contributed by atoms with Gasteiger partial charge in [-0.05, 0) is 25.0 Å². The summed E-state index contributed by atoms with van der Waals surface area (Å²) in [5.74, 6) is -1.16. The Labute approximate surface area is 124 Å². The first-order chi connectivity index (χ1) is 10.2. The highest BCUT2D eigenvalue weighted by atomic mass is 16.4. The summed E-state index contributed by atoms with van der Waals surface area (Å²) < 4.78 is 0. The first kappa shape index (κ1) is 15.3. The topological polar surface area (TPSA) is 91.3 Å². The van der Waals surface area contributed by atoms with Crippen LogP contribution in [-0.4, -0.2) is 28.1 Å². The van der Waals surface area contributed by atoms with Crippen LogP contribution in [0.5, 0.6) is 0 Å². The number of aromatic nitrogens is 1. The predicted molar refractivity (Wildman–Crippen MR) is 79.5 cm³/mol. The summed E-state index contributed by atoms with van der Waals surface area (Å²) in [6.45, 7) is 0. The average molecular weight is 291 g/mol. The summed E-state index contributed by atoms with van der Waals surface area (Å²) in [5, 5.41) is 14.5. The molecule has 0 saturated heterocycles. The van der Waals surface area contributed by atoms with Crippen LogP contribution in [0.3, 0.4) is 0 Å². The summed E-state index contributed by atoms with van der Waals surface area (Å²) in [7, 11) is 0. The molecule has 0 unspecified atom stereocenters. The number of hydrogen-bond acceptors (Lipinski definition) is 3. The monoisotopic (exact) mass is 291 g/mol. The van der Waals surface area contributed by atoms with Gasteiger partial charge in [-0.3, -0.25) is 0 Å². The normalized spacial score (nSPS) is 16.6. The average Bonchev–Trinajstić information content (AvgIpc) is 2.42. The molecule has 1 saturated carbocycles. The zero-order chi connectivity index (χ0) is 15.1. The molecule has 0 spiro atoms. The molecular formula is C15H21N3O3. The lowest BCUT2D eigenvalue weighted by Gasteiger charge is -2.21. The standard InChI is InChI=1S/C15H21N3O3/c19-14(20)13-12(9-6-10-16-13)18-15(21)17-11-7-4-2-1-3-5-8-11/h6,9-11H,1-5,7-8H2,(H,19,20)(H2,17,18,21). The molecule has 21 heavy (non-hydrogen) atoms. The number of carboxylic acid groups (broad SMARTS) is 1. The lowest BCUT2D eigenvalue weighted by molar-refractivity contribution is 0.0692. The number of rotatable bonds is 3. The Morgan fingerprint density at radius 2 is 1.81 bits per heavy atom. The van der Waals surface area contributed by atoms with E-state index >= 15 is 0 Å². The fraction of sp³-hybridized carbons (Fsp3) is 0.533. The van der Waals surface area contributed by atoms with Crippen molar-refractivity contribution >= 4 is 17.7 Å². The van der Waals surface area contributed by atoms with Crippen LogP contribution >= 0.6 is 0 Å². The van der Waals surface area contributed by atoms with Crippen LogP contribution in [0.15, 0.2) is 18.3 Å². The molecule has 114 valence electrons. The van der Waals surface area contributed by atoms with Gasteiger partial charge < -0.3 is 15.7 Å². The Hall–Kier alpha value is -2.11. The molecule has 1 aromatic heterocycles. The number of pyridine rings is 1. The van der Waals surface area contributed by atoms with E-state index in [1.165, 1.54) is 31.5 Å². The molecule has 3 N–H and O–H groups in total. The van der Waals surface area contributed by atoms with Crippen LogP contribution in [0.25, 0.3) is 0 Å². The smallest absolute Gasteiger partial charge is 0.356 e. The zero-order valence-electron chi connectivity index (χ0n) is 12.0. The highest BCUT2D eigenvalue weighted by Gasteiger charge is 2.16. The van der Waals surface area contributed by atoms with Gasteiger partial charge in [-0.2, -0.15) is 0 Å². The fourth-order valence-electron chi connectivity index (χ4n) is 2.62. The van der Waals surface area contributed by atoms with Gasteiger partial charge >= 0.3 is 12.0 Å². The molecule has 0 radical (unpaired) electrons. The second-order valence-corrected chi connectivity index (χ2v) is 5.35. The SMILES string of the molecule is O=C(Nc1cccnc1C(=O)O)NC1CCCCCCC1. The fourth-order valence-corrected chi connectivity index (χ4v) is 2.62. The Bertz CT molecular complexity index is 497. The molecule has 6 nitrogen and oxygen atoms in total. The van der Waals surface area contributed by atoms with Gasteiger partial charge in [0.1, 0.15) is 0 Å². The molecule has 1 heterocycles. The third-order valence-electron chi connectivity index (χ3n) is 3.70. The molecule has 0 aliphatic heterocycles. The van der Waals surface area contributed by atoms with Crippen LogP contribution < -0.4 is 10.6 Å². The van der Waals surface area contributed by atoms with E-state index in [0.29, 0.717) is 0 Å². The van der Waals surface area contributed by atoms with Crippen molar-refractivity contribution in [1.29, 1.82) is 0 Å². The van der Waals surface area contributed by atoms with Crippen molar-refractivity contribution < 1.29 is 14.7 Å². The van der Waals surface area contributed by atoms with Crippen LogP contribution in [-0.2, 0) is 0 Å². The van der Waals surface area contributed by atoms with Gasteiger partial charge in [0, 0.05) is 12.2 Å². The summed E-state index contributed by atoms with van der Waals surface area (Å²) in [5.41, 5.74) is 0.0682. The van der Waals surface area contributed by atoms with E-state index in [4.69, 9.17) is 5.11 Å². The summed E-state index contributed by atoms with van der Waals surface area (Å²) >= 11 is 0. The highest BCUT2D eigenvalue weighted by Crippen LogP contribution is 2.17. The van der Waals surface area contributed by atoms with Crippen molar-refractivity contribution in [3.05, 3.63) is 24.0 Å². The maximum atomic E-state index is 12.0. The Kier molecular flexibility index (Phi) is 5.54. The molecule has 1 aliphatic rings. The zero-order valence-corrected chi connectivity index (χ0v) is 12.0. The molecular weight excluding hydrogens is 270 g/mol. The molecule has 1 aliphatic carbocycles. The first-order valence-corrected chi connectivity index (χ1v) is 7.42. The van der Waals surface area contributed by atoms with Crippen molar-refractivity contribution in [3.8, 4) is 0 Å². The van der Waals surface area contributed by atoms with Crippen molar-refractivity contribution in [1.82, 2.24) is 10.3 Å². The van der Waals surface area contributed by atoms with Gasteiger partial charge in [-0.25, -0.2) is 14.6 Å². The van der Waals surface area contributed by atoms with E-state index in [1.54, 1.807) is 6.07 Å². The molecule has 6 heteroatoms. The molecule has 0 aromatic carbocycles. The number of nitrogens with one attached hydrogen (secondary N) is 2. The molecule has 2 rings (SSSR count). The Balaban J connectivity index is 1.93. The van der Waals surface area contributed by atoms with Crippen molar-refractivity contribution in [3.63, 3.8) is 0 Å². The predicted octanol–water partition coefficient (Wildman–Crippen LogP) is 3.01. The second kappa shape index (κ2) is 7.61. The van der Waals surface area contributed by atoms with Crippen molar-refractivity contribution in [2.45, 2.75) is 51.0 Å². The second-order valence-electron chi connectivity index (χ2n) is 5.35. The van der Waals surface area contributed by atoms with Gasteiger partial charge in [-0.15, -0.1) is 0 Å². The van der Waals surface area contributed by atoms with E-state index in [9.17, 15) is 9.59 Å². The number of carboxylic acids is 1. The van der Waals surface area contributed by atoms with Gasteiger partial charge in [0.05, 0.1) is 5.69 Å². The first-order valence-electron chi connectivity index (χ1n) is 7.42.